The van der Waals surface area contributed by atoms with E-state index in [1.165, 1.54) is 0 Å². The molecule has 3 N–H and O–H groups in total. The van der Waals surface area contributed by atoms with Crippen molar-refractivity contribution in [2.24, 2.45) is 0 Å². The number of hydrogen-bond acceptors (Lipinski definition) is 1. The minimum atomic E-state index is 0.549. The summed E-state index contributed by atoms with van der Waals surface area (Å²) in [5.41, 5.74) is 3.86. The zero-order valence-electron chi connectivity index (χ0n) is 7.67. The van der Waals surface area contributed by atoms with Crippen LogP contribution in [0.25, 0.3) is 0 Å². The second kappa shape index (κ2) is 5.72. The molecule has 0 fully saturated rings. The zero-order valence-corrected chi connectivity index (χ0v) is 10.1. The van der Waals surface area contributed by atoms with Crippen molar-refractivity contribution < 1.29 is 5.10 Å². The van der Waals surface area contributed by atoms with Crippen LogP contribution in [0.15, 0.2) is 28.7 Å². The average molecular weight is 273 g/mol. The Kier molecular flexibility index (Phi) is 4.55. The molecule has 1 aromatic carbocycles. The lowest BCUT2D eigenvalue weighted by Gasteiger charge is -1.95. The Labute approximate surface area is 96.7 Å². The van der Waals surface area contributed by atoms with Crippen LogP contribution in [-0.4, -0.2) is 18.4 Å². The first-order valence-corrected chi connectivity index (χ1v) is 5.25. The Balaban J connectivity index is 2.60. The Morgan fingerprint density at radius 3 is 2.86 bits per heavy atom. The fourth-order valence-electron chi connectivity index (χ4n) is 0.834. The fraction of sp³-hybridized carbons (Fsp3) is 0.111. The van der Waals surface area contributed by atoms with Crippen molar-refractivity contribution in [3.05, 3.63) is 34.3 Å². The summed E-state index contributed by atoms with van der Waals surface area (Å²) < 4.78 is 1.03. The maximum absolute atomic E-state index is 4.89. The Hall–Kier alpha value is -0.940. The van der Waals surface area contributed by atoms with Gasteiger partial charge in [0.2, 0.25) is 5.11 Å². The molecule has 0 unspecified atom stereocenters. The second-order valence-corrected chi connectivity index (χ2v) is 3.78. The van der Waals surface area contributed by atoms with Gasteiger partial charge in [0.15, 0.2) is 6.21 Å². The highest BCUT2D eigenvalue weighted by Crippen LogP contribution is 2.12. The van der Waals surface area contributed by atoms with Crippen molar-refractivity contribution >= 4 is 39.5 Å². The number of halogens is 1. The van der Waals surface area contributed by atoms with Crippen molar-refractivity contribution in [3.8, 4) is 0 Å². The number of hydrazine groups is 1. The van der Waals surface area contributed by atoms with Crippen molar-refractivity contribution in [2.75, 3.05) is 7.05 Å². The fourth-order valence-corrected chi connectivity index (χ4v) is 1.29. The molecule has 0 aliphatic rings. The summed E-state index contributed by atoms with van der Waals surface area (Å²) in [4.78, 5) is 0. The normalized spacial score (nSPS) is 10.1. The summed E-state index contributed by atoms with van der Waals surface area (Å²) in [5.74, 6) is 0. The number of benzene rings is 1. The Bertz CT molecular complexity index is 352. The molecule has 0 radical (unpaired) electrons. The molecule has 0 bridgehead atoms. The molecular formula is C9H11BrN3S+. The molecule has 5 heteroatoms. The predicted octanol–water partition coefficient (Wildman–Crippen LogP) is -0.0425. The first-order valence-electron chi connectivity index (χ1n) is 4.05. The van der Waals surface area contributed by atoms with Gasteiger partial charge >= 0.3 is 0 Å². The quantitative estimate of drug-likeness (QED) is 0.402. The van der Waals surface area contributed by atoms with Crippen molar-refractivity contribution in [2.45, 2.75) is 0 Å². The van der Waals surface area contributed by atoms with E-state index in [4.69, 9.17) is 12.2 Å². The van der Waals surface area contributed by atoms with Gasteiger partial charge in [-0.3, -0.25) is 0 Å². The van der Waals surface area contributed by atoms with Gasteiger partial charge in [-0.1, -0.05) is 12.1 Å². The standard InChI is InChI=1S/C9H10BrN3S/c1-11-9(14)13-12-6-7-4-2-3-5-8(7)10/h2-6H,1H3,(H2,11,13,14)/p+1. The molecule has 3 nitrogen and oxygen atoms in total. The second-order valence-electron chi connectivity index (χ2n) is 2.51. The molecule has 0 saturated carbocycles. The molecule has 0 aromatic heterocycles. The first-order chi connectivity index (χ1) is 6.74. The summed E-state index contributed by atoms with van der Waals surface area (Å²) in [6.45, 7) is 0. The van der Waals surface area contributed by atoms with E-state index in [0.29, 0.717) is 5.11 Å². The van der Waals surface area contributed by atoms with Crippen LogP contribution < -0.4 is 15.8 Å². The Morgan fingerprint density at radius 2 is 2.21 bits per heavy atom. The summed E-state index contributed by atoms with van der Waals surface area (Å²) in [6, 6.07) is 7.90. The monoisotopic (exact) mass is 272 g/mol. The number of hydrogen-bond donors (Lipinski definition) is 3. The van der Waals surface area contributed by atoms with Gasteiger partial charge in [-0.25, -0.2) is 0 Å². The highest BCUT2D eigenvalue weighted by Gasteiger charge is 1.97. The van der Waals surface area contributed by atoms with Gasteiger partial charge in [0.1, 0.15) is 0 Å². The molecule has 1 rings (SSSR count). The maximum Gasteiger partial charge on any atom is 0.223 e. The van der Waals surface area contributed by atoms with Crippen LogP contribution in [0.5, 0.6) is 0 Å². The predicted molar refractivity (Wildman–Crippen MR) is 65.1 cm³/mol. The minimum Gasteiger partial charge on any atom is -0.361 e. The number of thiocarbonyl (C=S) groups is 1. The van der Waals surface area contributed by atoms with Crippen LogP contribution >= 0.6 is 28.1 Å². The molecule has 14 heavy (non-hydrogen) atoms. The van der Waals surface area contributed by atoms with Gasteiger partial charge in [0, 0.05) is 11.5 Å². The third-order valence-corrected chi connectivity index (χ3v) is 2.57. The van der Waals surface area contributed by atoms with E-state index in [1.54, 1.807) is 7.05 Å². The topological polar surface area (TPSA) is 38.0 Å². The Morgan fingerprint density at radius 1 is 1.50 bits per heavy atom. The lowest BCUT2D eigenvalue weighted by atomic mass is 10.2. The van der Waals surface area contributed by atoms with Gasteiger partial charge < -0.3 is 5.32 Å². The summed E-state index contributed by atoms with van der Waals surface area (Å²) in [7, 11) is 1.76. The molecule has 0 amide bonds. The summed E-state index contributed by atoms with van der Waals surface area (Å²) in [5, 5.41) is 6.23. The van der Waals surface area contributed by atoms with Gasteiger partial charge in [-0.05, 0) is 40.3 Å². The van der Waals surface area contributed by atoms with Crippen LogP contribution in [0.3, 0.4) is 0 Å². The molecular weight excluding hydrogens is 262 g/mol. The van der Waals surface area contributed by atoms with Crippen molar-refractivity contribution in [1.82, 2.24) is 10.7 Å². The van der Waals surface area contributed by atoms with Crippen LogP contribution in [0, 0.1) is 0 Å². The third kappa shape index (κ3) is 3.43. The van der Waals surface area contributed by atoms with E-state index >= 15 is 0 Å². The SMILES string of the molecule is CNC(=S)N[NH+]=Cc1ccccc1Br. The first kappa shape index (κ1) is 11.1. The third-order valence-electron chi connectivity index (χ3n) is 1.55. The van der Waals surface area contributed by atoms with Crippen LogP contribution in [0.4, 0.5) is 0 Å². The lowest BCUT2D eigenvalue weighted by molar-refractivity contribution is -0.500. The molecule has 0 atom stereocenters. The number of nitrogens with one attached hydrogen (secondary N) is 3. The molecule has 0 aliphatic heterocycles. The highest BCUT2D eigenvalue weighted by molar-refractivity contribution is 9.10. The van der Waals surface area contributed by atoms with Crippen LogP contribution in [0.2, 0.25) is 0 Å². The van der Waals surface area contributed by atoms with E-state index in [9.17, 15) is 0 Å². The van der Waals surface area contributed by atoms with E-state index in [0.717, 1.165) is 10.0 Å². The van der Waals surface area contributed by atoms with Gasteiger partial charge in [-0.2, -0.15) is 0 Å². The van der Waals surface area contributed by atoms with E-state index in [2.05, 4.69) is 31.8 Å². The largest absolute Gasteiger partial charge is 0.361 e. The molecule has 0 aliphatic carbocycles. The molecule has 0 heterocycles. The van der Waals surface area contributed by atoms with Gasteiger partial charge in [0.05, 0.1) is 5.56 Å². The average Bonchev–Trinajstić information content (AvgIpc) is 2.20. The van der Waals surface area contributed by atoms with Crippen molar-refractivity contribution in [1.29, 1.82) is 0 Å². The van der Waals surface area contributed by atoms with E-state index in [1.807, 2.05) is 30.5 Å². The maximum atomic E-state index is 4.89. The summed E-state index contributed by atoms with van der Waals surface area (Å²) in [6.07, 6.45) is 1.83. The molecule has 1 aromatic rings. The highest BCUT2D eigenvalue weighted by atomic mass is 79.9. The minimum absolute atomic E-state index is 0.549. The van der Waals surface area contributed by atoms with E-state index < -0.39 is 0 Å². The molecule has 0 saturated heterocycles. The van der Waals surface area contributed by atoms with Crippen LogP contribution in [0.1, 0.15) is 5.56 Å². The lowest BCUT2D eigenvalue weighted by Crippen LogP contribution is -2.82. The number of hydrazone groups is 1. The van der Waals surface area contributed by atoms with Crippen LogP contribution in [-0.2, 0) is 0 Å². The zero-order chi connectivity index (χ0) is 10.4. The summed E-state index contributed by atoms with van der Waals surface area (Å²) >= 11 is 8.32. The van der Waals surface area contributed by atoms with Gasteiger partial charge in [0.25, 0.3) is 0 Å². The number of rotatable bonds is 2. The molecule has 74 valence electrons. The van der Waals surface area contributed by atoms with Gasteiger partial charge in [-0.15, -0.1) is 10.5 Å². The van der Waals surface area contributed by atoms with E-state index in [-0.39, 0.29) is 0 Å². The van der Waals surface area contributed by atoms with Crippen molar-refractivity contribution in [3.63, 3.8) is 0 Å². The smallest absolute Gasteiger partial charge is 0.223 e. The molecule has 0 spiro atoms.